The number of ether oxygens (including phenoxy) is 1. The highest BCUT2D eigenvalue weighted by molar-refractivity contribution is 4.81. The molecule has 0 amide bonds. The van der Waals surface area contributed by atoms with Gasteiger partial charge in [0.1, 0.15) is 0 Å². The van der Waals surface area contributed by atoms with E-state index in [0.717, 1.165) is 6.42 Å². The lowest BCUT2D eigenvalue weighted by Crippen LogP contribution is -2.08. The second-order valence-corrected chi connectivity index (χ2v) is 6.29. The molecule has 0 saturated heterocycles. The molecule has 0 aliphatic carbocycles. The van der Waals surface area contributed by atoms with Crippen LogP contribution in [0.1, 0.15) is 104 Å². The first-order valence-electron chi connectivity index (χ1n) is 9.52. The fourth-order valence-electron chi connectivity index (χ4n) is 2.75. The van der Waals surface area contributed by atoms with Crippen LogP contribution in [0.25, 0.3) is 0 Å². The molecule has 1 unspecified atom stereocenters. The van der Waals surface area contributed by atoms with Crippen LogP contribution in [-0.2, 0) is 4.74 Å². The zero-order chi connectivity index (χ0) is 15.6. The highest BCUT2D eigenvalue weighted by Crippen LogP contribution is 2.12. The van der Waals surface area contributed by atoms with E-state index in [9.17, 15) is 0 Å². The summed E-state index contributed by atoms with van der Waals surface area (Å²) in [4.78, 5) is 0. The van der Waals surface area contributed by atoms with Crippen molar-refractivity contribution in [3.63, 3.8) is 0 Å². The summed E-state index contributed by atoms with van der Waals surface area (Å²) in [7, 11) is 1.84. The Labute approximate surface area is 134 Å². The SMILES string of the molecule is CCCCCCCCC=CCCCCCCC(CC)OC. The smallest absolute Gasteiger partial charge is 0.0568 e. The van der Waals surface area contributed by atoms with Crippen molar-refractivity contribution < 1.29 is 4.74 Å². The normalized spacial score (nSPS) is 13.1. The molecule has 0 heterocycles. The molecule has 0 aromatic carbocycles. The molecule has 1 atom stereocenters. The standard InChI is InChI=1S/C20H40O/c1-4-6-7-8-9-10-11-12-13-14-15-16-17-18-19-20(5-2)21-3/h12-13,20H,4-11,14-19H2,1-3H3. The van der Waals surface area contributed by atoms with Crippen LogP contribution in [0, 0.1) is 0 Å². The van der Waals surface area contributed by atoms with Gasteiger partial charge >= 0.3 is 0 Å². The minimum absolute atomic E-state index is 0.488. The fourth-order valence-corrected chi connectivity index (χ4v) is 2.75. The van der Waals surface area contributed by atoms with Crippen molar-refractivity contribution in [2.45, 2.75) is 110 Å². The van der Waals surface area contributed by atoms with Crippen molar-refractivity contribution in [1.29, 1.82) is 0 Å². The fraction of sp³-hybridized carbons (Fsp3) is 0.900. The van der Waals surface area contributed by atoms with Crippen molar-refractivity contribution in [3.8, 4) is 0 Å². The van der Waals surface area contributed by atoms with Crippen LogP contribution < -0.4 is 0 Å². The molecule has 0 radical (unpaired) electrons. The van der Waals surface area contributed by atoms with Crippen LogP contribution >= 0.6 is 0 Å². The lowest BCUT2D eigenvalue weighted by molar-refractivity contribution is 0.0897. The average molecular weight is 297 g/mol. The largest absolute Gasteiger partial charge is 0.381 e. The zero-order valence-corrected chi connectivity index (χ0v) is 15.0. The van der Waals surface area contributed by atoms with Crippen LogP contribution in [0.15, 0.2) is 12.2 Å². The number of rotatable bonds is 16. The molecule has 0 N–H and O–H groups in total. The second-order valence-electron chi connectivity index (χ2n) is 6.29. The Morgan fingerprint density at radius 1 is 0.714 bits per heavy atom. The summed E-state index contributed by atoms with van der Waals surface area (Å²) in [5.41, 5.74) is 0. The third kappa shape index (κ3) is 15.9. The molecule has 1 heteroatoms. The lowest BCUT2D eigenvalue weighted by atomic mass is 10.1. The summed E-state index contributed by atoms with van der Waals surface area (Å²) in [5.74, 6) is 0. The molecule has 0 fully saturated rings. The molecule has 0 bridgehead atoms. The molecular weight excluding hydrogens is 256 g/mol. The average Bonchev–Trinajstić information content (AvgIpc) is 2.51. The van der Waals surface area contributed by atoms with E-state index in [-0.39, 0.29) is 0 Å². The van der Waals surface area contributed by atoms with E-state index in [1.54, 1.807) is 0 Å². The van der Waals surface area contributed by atoms with E-state index in [1.165, 1.54) is 83.5 Å². The molecule has 1 nitrogen and oxygen atoms in total. The number of methoxy groups -OCH3 is 1. The number of unbranched alkanes of at least 4 members (excludes halogenated alkanes) is 10. The first-order valence-corrected chi connectivity index (χ1v) is 9.52. The monoisotopic (exact) mass is 296 g/mol. The quantitative estimate of drug-likeness (QED) is 0.219. The van der Waals surface area contributed by atoms with E-state index in [1.807, 2.05) is 7.11 Å². The van der Waals surface area contributed by atoms with E-state index < -0.39 is 0 Å². The van der Waals surface area contributed by atoms with Crippen LogP contribution in [0.4, 0.5) is 0 Å². The van der Waals surface area contributed by atoms with Gasteiger partial charge in [-0.15, -0.1) is 0 Å². The Morgan fingerprint density at radius 2 is 1.24 bits per heavy atom. The maximum atomic E-state index is 5.40. The highest BCUT2D eigenvalue weighted by Gasteiger charge is 2.02. The molecule has 0 aromatic rings. The molecule has 0 spiro atoms. The highest BCUT2D eigenvalue weighted by atomic mass is 16.5. The Hall–Kier alpha value is -0.300. The predicted molar refractivity (Wildman–Crippen MR) is 95.9 cm³/mol. The molecule has 126 valence electrons. The minimum Gasteiger partial charge on any atom is -0.381 e. The summed E-state index contributed by atoms with van der Waals surface area (Å²) in [5, 5.41) is 0. The third-order valence-electron chi connectivity index (χ3n) is 4.33. The van der Waals surface area contributed by atoms with Gasteiger partial charge in [0.25, 0.3) is 0 Å². The van der Waals surface area contributed by atoms with Gasteiger partial charge in [0, 0.05) is 7.11 Å². The van der Waals surface area contributed by atoms with Gasteiger partial charge in [-0.25, -0.2) is 0 Å². The minimum atomic E-state index is 0.488. The van der Waals surface area contributed by atoms with Crippen LogP contribution in [0.5, 0.6) is 0 Å². The van der Waals surface area contributed by atoms with Crippen molar-refractivity contribution in [2.75, 3.05) is 7.11 Å². The topological polar surface area (TPSA) is 9.23 Å². The maximum Gasteiger partial charge on any atom is 0.0568 e. The Kier molecular flexibility index (Phi) is 17.5. The Bertz CT molecular complexity index is 206. The Balaban J connectivity index is 3.15. The van der Waals surface area contributed by atoms with Crippen molar-refractivity contribution in [2.24, 2.45) is 0 Å². The van der Waals surface area contributed by atoms with Gasteiger partial charge < -0.3 is 4.74 Å². The van der Waals surface area contributed by atoms with Crippen LogP contribution in [0.3, 0.4) is 0 Å². The molecule has 21 heavy (non-hydrogen) atoms. The molecule has 0 rings (SSSR count). The molecule has 0 aliphatic heterocycles. The predicted octanol–water partition coefficient (Wildman–Crippen LogP) is 7.06. The Morgan fingerprint density at radius 3 is 1.76 bits per heavy atom. The first kappa shape index (κ1) is 20.7. The number of allylic oxidation sites excluding steroid dienone is 2. The van der Waals surface area contributed by atoms with Crippen LogP contribution in [-0.4, -0.2) is 13.2 Å². The summed E-state index contributed by atoms with van der Waals surface area (Å²) in [6.07, 6.45) is 24.1. The summed E-state index contributed by atoms with van der Waals surface area (Å²) in [6, 6.07) is 0. The van der Waals surface area contributed by atoms with Gasteiger partial charge in [-0.1, -0.05) is 77.4 Å². The van der Waals surface area contributed by atoms with Crippen molar-refractivity contribution in [1.82, 2.24) is 0 Å². The molecule has 0 aromatic heterocycles. The van der Waals surface area contributed by atoms with E-state index in [2.05, 4.69) is 26.0 Å². The molecular formula is C20H40O. The maximum absolute atomic E-state index is 5.40. The van der Waals surface area contributed by atoms with Gasteiger partial charge in [0.15, 0.2) is 0 Å². The molecule has 0 aliphatic rings. The van der Waals surface area contributed by atoms with Crippen molar-refractivity contribution >= 4 is 0 Å². The zero-order valence-electron chi connectivity index (χ0n) is 15.0. The van der Waals surface area contributed by atoms with E-state index in [0.29, 0.717) is 6.10 Å². The van der Waals surface area contributed by atoms with Crippen LogP contribution in [0.2, 0.25) is 0 Å². The number of hydrogen-bond donors (Lipinski definition) is 0. The second kappa shape index (κ2) is 17.8. The van der Waals surface area contributed by atoms with E-state index >= 15 is 0 Å². The summed E-state index contributed by atoms with van der Waals surface area (Å²) in [6.45, 7) is 4.49. The van der Waals surface area contributed by atoms with Gasteiger partial charge in [-0.2, -0.15) is 0 Å². The molecule has 0 saturated carbocycles. The van der Waals surface area contributed by atoms with E-state index in [4.69, 9.17) is 4.74 Å². The van der Waals surface area contributed by atoms with Crippen molar-refractivity contribution in [3.05, 3.63) is 12.2 Å². The van der Waals surface area contributed by atoms with Gasteiger partial charge in [0.05, 0.1) is 6.10 Å². The lowest BCUT2D eigenvalue weighted by Gasteiger charge is -2.11. The van der Waals surface area contributed by atoms with Gasteiger partial charge in [-0.05, 0) is 38.5 Å². The first-order chi connectivity index (χ1) is 10.3. The third-order valence-corrected chi connectivity index (χ3v) is 4.33. The van der Waals surface area contributed by atoms with Gasteiger partial charge in [0.2, 0.25) is 0 Å². The summed E-state index contributed by atoms with van der Waals surface area (Å²) < 4.78 is 5.40. The number of hydrogen-bond acceptors (Lipinski definition) is 1. The summed E-state index contributed by atoms with van der Waals surface area (Å²) >= 11 is 0. The van der Waals surface area contributed by atoms with Gasteiger partial charge in [-0.3, -0.25) is 0 Å².